The van der Waals surface area contributed by atoms with E-state index in [-0.39, 0.29) is 30.3 Å². The van der Waals surface area contributed by atoms with Crippen molar-refractivity contribution in [1.29, 1.82) is 0 Å². The van der Waals surface area contributed by atoms with E-state index in [1.807, 2.05) is 53.6 Å². The number of fused-ring (bicyclic) bond motifs is 1. The summed E-state index contributed by atoms with van der Waals surface area (Å²) in [5.41, 5.74) is 5.30. The number of nitrogens with zero attached hydrogens (tertiary/aromatic N) is 7. The van der Waals surface area contributed by atoms with Gasteiger partial charge in [0.25, 0.3) is 0 Å². The molecule has 8 rings (SSSR count). The molecular weight excluding hydrogens is 670 g/mol. The van der Waals surface area contributed by atoms with E-state index >= 15 is 0 Å². The first-order valence-corrected chi connectivity index (χ1v) is 18.3. The minimum absolute atomic E-state index is 0.0185. The first kappa shape index (κ1) is 33.1. The molecule has 3 aromatic heterocycles. The van der Waals surface area contributed by atoms with E-state index in [0.29, 0.717) is 62.0 Å². The molecule has 2 aromatic carbocycles. The molecule has 2 N–H and O–H groups in total. The molecule has 1 saturated heterocycles. The largest absolute Gasteiger partial charge is 0.474 e. The van der Waals surface area contributed by atoms with Gasteiger partial charge in [-0.1, -0.05) is 12.1 Å². The highest BCUT2D eigenvalue weighted by Gasteiger charge is 2.44. The molecular formula is C37H38FN9O3S. The molecule has 2 amide bonds. The molecule has 5 aromatic rings. The molecule has 1 saturated carbocycles. The van der Waals surface area contributed by atoms with Crippen LogP contribution < -0.4 is 10.1 Å². The van der Waals surface area contributed by atoms with E-state index in [2.05, 4.69) is 35.5 Å². The fourth-order valence-corrected chi connectivity index (χ4v) is 7.59. The van der Waals surface area contributed by atoms with Gasteiger partial charge in [-0.25, -0.2) is 14.4 Å². The Morgan fingerprint density at radius 2 is 1.96 bits per heavy atom. The number of thioether (sulfide) groups is 1. The van der Waals surface area contributed by atoms with Crippen molar-refractivity contribution in [2.45, 2.75) is 36.5 Å². The van der Waals surface area contributed by atoms with E-state index < -0.39 is 4.75 Å². The van der Waals surface area contributed by atoms with Crippen LogP contribution in [0.1, 0.15) is 31.2 Å². The quantitative estimate of drug-likeness (QED) is 0.202. The van der Waals surface area contributed by atoms with Crippen LogP contribution in [-0.2, 0) is 16.6 Å². The van der Waals surface area contributed by atoms with Crippen LogP contribution in [0.2, 0.25) is 0 Å². The molecule has 1 aliphatic carbocycles. The number of aryl methyl sites for hydroxylation is 1. The molecule has 5 heterocycles. The number of aromatic amines is 1. The zero-order valence-electron chi connectivity index (χ0n) is 28.4. The van der Waals surface area contributed by atoms with Crippen molar-refractivity contribution >= 4 is 45.7 Å². The first-order valence-electron chi connectivity index (χ1n) is 17.1. The number of likely N-dealkylation sites (tertiary alicyclic amines) is 1. The minimum Gasteiger partial charge on any atom is -0.474 e. The number of aromatic nitrogens is 6. The number of pyridine rings is 1. The van der Waals surface area contributed by atoms with Crippen molar-refractivity contribution in [1.82, 2.24) is 39.7 Å². The zero-order valence-corrected chi connectivity index (χ0v) is 29.3. The van der Waals surface area contributed by atoms with Gasteiger partial charge in [0.05, 0.1) is 17.6 Å². The van der Waals surface area contributed by atoms with Crippen molar-refractivity contribution in [3.63, 3.8) is 0 Å². The maximum atomic E-state index is 14.9. The molecule has 0 bridgehead atoms. The van der Waals surface area contributed by atoms with Crippen LogP contribution >= 0.6 is 11.8 Å². The normalized spacial score (nSPS) is 19.4. The summed E-state index contributed by atoms with van der Waals surface area (Å²) in [4.78, 5) is 39.7. The summed E-state index contributed by atoms with van der Waals surface area (Å²) >= 11 is 1.52. The molecule has 1 atom stereocenters. The monoisotopic (exact) mass is 707 g/mol. The van der Waals surface area contributed by atoms with Gasteiger partial charge in [0.2, 0.25) is 17.7 Å². The number of anilines is 1. The highest BCUT2D eigenvalue weighted by molar-refractivity contribution is 8.00. The molecule has 2 fully saturated rings. The third-order valence-corrected chi connectivity index (χ3v) is 11.2. The maximum Gasteiger partial charge on any atom is 0.241 e. The van der Waals surface area contributed by atoms with Crippen LogP contribution in [0, 0.1) is 5.82 Å². The predicted molar refractivity (Wildman–Crippen MR) is 194 cm³/mol. The van der Waals surface area contributed by atoms with Gasteiger partial charge in [-0.05, 0) is 79.5 Å². The number of benzene rings is 2. The number of carbonyl (C=O) groups is 2. The molecule has 3 aliphatic rings. The number of H-pyrrole nitrogens is 1. The molecule has 1 unspecified atom stereocenters. The number of amides is 2. The van der Waals surface area contributed by atoms with Crippen LogP contribution in [-0.4, -0.2) is 101 Å². The summed E-state index contributed by atoms with van der Waals surface area (Å²) in [5, 5.41) is 15.8. The predicted octanol–water partition coefficient (Wildman–Crippen LogP) is 5.16. The van der Waals surface area contributed by atoms with Crippen molar-refractivity contribution in [2.75, 3.05) is 44.3 Å². The molecule has 262 valence electrons. The zero-order chi connectivity index (χ0) is 35.1. The average Bonchev–Trinajstić information content (AvgIpc) is 3.48. The van der Waals surface area contributed by atoms with Gasteiger partial charge in [0.15, 0.2) is 5.82 Å². The minimum atomic E-state index is -0.689. The Bertz CT molecular complexity index is 2140. The second-order valence-corrected chi connectivity index (χ2v) is 14.6. The topological polar surface area (TPSA) is 134 Å². The summed E-state index contributed by atoms with van der Waals surface area (Å²) < 4.78 is 21.6. The second kappa shape index (κ2) is 13.6. The lowest BCUT2D eigenvalue weighted by Gasteiger charge is -2.29. The Morgan fingerprint density at radius 3 is 2.67 bits per heavy atom. The van der Waals surface area contributed by atoms with E-state index in [0.717, 1.165) is 46.1 Å². The molecule has 2 aliphatic heterocycles. The van der Waals surface area contributed by atoms with Gasteiger partial charge < -0.3 is 15.0 Å². The number of nitrogens with one attached hydrogen (secondary N) is 2. The van der Waals surface area contributed by atoms with E-state index in [9.17, 15) is 14.0 Å². The number of hydrogen-bond donors (Lipinski definition) is 2. The number of rotatable bonds is 10. The summed E-state index contributed by atoms with van der Waals surface area (Å²) in [6, 6.07) is 14.6. The number of halogens is 1. The lowest BCUT2D eigenvalue weighted by Crippen LogP contribution is -2.45. The fraction of sp³-hybridized carbons (Fsp3) is 0.351. The van der Waals surface area contributed by atoms with Crippen molar-refractivity contribution in [3.8, 4) is 28.5 Å². The Kier molecular flexibility index (Phi) is 8.80. The second-order valence-electron chi connectivity index (χ2n) is 13.4. The van der Waals surface area contributed by atoms with Crippen LogP contribution in [0.5, 0.6) is 5.88 Å². The highest BCUT2D eigenvalue weighted by Crippen LogP contribution is 2.36. The van der Waals surface area contributed by atoms with Gasteiger partial charge in [-0.3, -0.25) is 24.3 Å². The Balaban J connectivity index is 0.880. The number of hydrogen-bond acceptors (Lipinski definition) is 9. The Labute approximate surface area is 298 Å². The fourth-order valence-electron chi connectivity index (χ4n) is 6.75. The summed E-state index contributed by atoms with van der Waals surface area (Å²) in [6.45, 7) is 2.35. The van der Waals surface area contributed by atoms with Gasteiger partial charge in [-0.2, -0.15) is 10.2 Å². The lowest BCUT2D eigenvalue weighted by molar-refractivity contribution is -0.132. The van der Waals surface area contributed by atoms with Crippen LogP contribution in [0.3, 0.4) is 0 Å². The van der Waals surface area contributed by atoms with E-state index in [1.165, 1.54) is 17.8 Å². The van der Waals surface area contributed by atoms with Crippen molar-refractivity contribution in [2.24, 2.45) is 7.05 Å². The third-order valence-electron chi connectivity index (χ3n) is 9.86. The Hall–Kier alpha value is -5.08. The Morgan fingerprint density at radius 1 is 1.10 bits per heavy atom. The molecule has 51 heavy (non-hydrogen) atoms. The van der Waals surface area contributed by atoms with Gasteiger partial charge >= 0.3 is 0 Å². The molecule has 0 radical (unpaired) electrons. The first-order chi connectivity index (χ1) is 24.8. The summed E-state index contributed by atoms with van der Waals surface area (Å²) in [6.07, 6.45) is 10.9. The van der Waals surface area contributed by atoms with Gasteiger partial charge in [0, 0.05) is 62.1 Å². The molecule has 14 heteroatoms. The van der Waals surface area contributed by atoms with Crippen LogP contribution in [0.25, 0.3) is 39.1 Å². The lowest BCUT2D eigenvalue weighted by atomic mass is 9.98. The molecule has 12 nitrogen and oxygen atoms in total. The molecule has 0 spiro atoms. The highest BCUT2D eigenvalue weighted by atomic mass is 32.2. The van der Waals surface area contributed by atoms with Crippen molar-refractivity contribution in [3.05, 3.63) is 78.5 Å². The summed E-state index contributed by atoms with van der Waals surface area (Å²) in [5.74, 6) is 0.518. The third kappa shape index (κ3) is 6.85. The smallest absolute Gasteiger partial charge is 0.241 e. The van der Waals surface area contributed by atoms with Gasteiger partial charge in [-0.15, -0.1) is 11.8 Å². The number of carbonyl (C=O) groups excluding carboxylic acids is 2. The standard InChI is InChI=1S/C37H38FN9O3S/c1-45-22-40-35(44-45)28-8-3-24(17-30(28)38)23-11-14-47(15-12-23)33(48)20-46-16-13-37(21-46,51-2)36(49)41-26-5-9-31-29(18-26)34(43-42-31)25-4-10-32(39-19-25)50-27-6-7-27/h3-5,8-11,17-19,22,27H,6-7,12-16,20-21H2,1-2H3,(H,41,49)(H,42,43). The summed E-state index contributed by atoms with van der Waals surface area (Å²) in [7, 11) is 1.74. The number of ether oxygens (including phenoxy) is 1. The maximum absolute atomic E-state index is 14.9. The van der Waals surface area contributed by atoms with Crippen LogP contribution in [0.15, 0.2) is 67.1 Å². The van der Waals surface area contributed by atoms with E-state index in [1.54, 1.807) is 30.3 Å². The van der Waals surface area contributed by atoms with E-state index in [4.69, 9.17) is 4.74 Å². The van der Waals surface area contributed by atoms with Crippen LogP contribution in [0.4, 0.5) is 10.1 Å². The average molecular weight is 708 g/mol. The SMILES string of the molecule is CSC1(C(=O)Nc2ccc3[nH]nc(-c4ccc(OC5CC5)nc4)c3c2)CCN(CC(=O)N2CC=C(c3ccc(-c4ncn(C)n4)c(F)c3)CC2)C1. The van der Waals surface area contributed by atoms with Gasteiger partial charge in [0.1, 0.15) is 28.7 Å². The van der Waals surface area contributed by atoms with Crippen molar-refractivity contribution < 1.29 is 18.7 Å².